The molecule has 0 aromatic carbocycles. The highest BCUT2D eigenvalue weighted by Gasteiger charge is 2.14. The highest BCUT2D eigenvalue weighted by Crippen LogP contribution is 2.09. The summed E-state index contributed by atoms with van der Waals surface area (Å²) in [7, 11) is 3.50. The minimum atomic E-state index is 0. The van der Waals surface area contributed by atoms with Crippen LogP contribution >= 0.6 is 24.0 Å². The molecule has 7 heteroatoms. The van der Waals surface area contributed by atoms with Gasteiger partial charge in [-0.3, -0.25) is 4.99 Å². The van der Waals surface area contributed by atoms with Crippen LogP contribution < -0.4 is 10.6 Å². The van der Waals surface area contributed by atoms with E-state index in [0.717, 1.165) is 32.1 Å². The first-order valence-corrected chi connectivity index (χ1v) is 8.49. The minimum Gasteiger partial charge on any atom is -0.382 e. The second kappa shape index (κ2) is 15.4. The molecule has 1 atom stereocenters. The fraction of sp³-hybridized carbons (Fsp3) is 0.938. The molecule has 1 saturated heterocycles. The zero-order valence-corrected chi connectivity index (χ0v) is 17.3. The first-order chi connectivity index (χ1) is 10.8. The summed E-state index contributed by atoms with van der Waals surface area (Å²) in [5.41, 5.74) is 0. The van der Waals surface area contributed by atoms with Gasteiger partial charge in [0.1, 0.15) is 0 Å². The maximum atomic E-state index is 5.43. The number of methoxy groups -OCH3 is 1. The van der Waals surface area contributed by atoms with Crippen LogP contribution in [0.1, 0.15) is 26.2 Å². The predicted molar refractivity (Wildman–Crippen MR) is 107 cm³/mol. The molecular weight excluding hydrogens is 407 g/mol. The number of guanidine groups is 1. The van der Waals surface area contributed by atoms with Gasteiger partial charge in [-0.05, 0) is 38.3 Å². The molecule has 23 heavy (non-hydrogen) atoms. The summed E-state index contributed by atoms with van der Waals surface area (Å²) in [6.07, 6.45) is 3.68. The van der Waals surface area contributed by atoms with Gasteiger partial charge < -0.3 is 25.0 Å². The molecule has 6 nitrogen and oxygen atoms in total. The quantitative estimate of drug-likeness (QED) is 0.220. The lowest BCUT2D eigenvalue weighted by atomic mass is 10.1. The molecule has 0 aromatic rings. The van der Waals surface area contributed by atoms with Crippen LogP contribution in [0.4, 0.5) is 0 Å². The molecule has 1 rings (SSSR count). The fourth-order valence-corrected chi connectivity index (χ4v) is 2.59. The van der Waals surface area contributed by atoms with Crippen LogP contribution in [0.25, 0.3) is 0 Å². The molecule has 0 radical (unpaired) electrons. The highest BCUT2D eigenvalue weighted by atomic mass is 127. The van der Waals surface area contributed by atoms with Crippen LogP contribution in [0.3, 0.4) is 0 Å². The number of halogens is 1. The average Bonchev–Trinajstić information content (AvgIpc) is 3.02. The molecule has 0 amide bonds. The fourth-order valence-electron chi connectivity index (χ4n) is 2.59. The molecule has 0 aromatic heterocycles. The Morgan fingerprint density at radius 3 is 2.57 bits per heavy atom. The molecule has 0 bridgehead atoms. The van der Waals surface area contributed by atoms with E-state index in [1.807, 2.05) is 7.05 Å². The zero-order valence-electron chi connectivity index (χ0n) is 15.0. The number of nitrogens with one attached hydrogen (secondary N) is 2. The summed E-state index contributed by atoms with van der Waals surface area (Å²) < 4.78 is 10.4. The number of rotatable bonds is 11. The summed E-state index contributed by atoms with van der Waals surface area (Å²) in [6.45, 7) is 9.90. The van der Waals surface area contributed by atoms with Crippen LogP contribution in [0.15, 0.2) is 4.99 Å². The monoisotopic (exact) mass is 442 g/mol. The van der Waals surface area contributed by atoms with Crippen molar-refractivity contribution in [2.45, 2.75) is 26.2 Å². The van der Waals surface area contributed by atoms with Crippen LogP contribution in [0, 0.1) is 5.92 Å². The van der Waals surface area contributed by atoms with Crippen molar-refractivity contribution >= 4 is 29.9 Å². The summed E-state index contributed by atoms with van der Waals surface area (Å²) in [5, 5.41) is 6.73. The summed E-state index contributed by atoms with van der Waals surface area (Å²) in [4.78, 5) is 6.81. The van der Waals surface area contributed by atoms with E-state index >= 15 is 0 Å². The van der Waals surface area contributed by atoms with E-state index in [2.05, 4.69) is 27.4 Å². The Balaban J connectivity index is 0.00000484. The van der Waals surface area contributed by atoms with Crippen molar-refractivity contribution in [3.05, 3.63) is 0 Å². The van der Waals surface area contributed by atoms with Crippen molar-refractivity contribution in [2.24, 2.45) is 10.9 Å². The molecule has 0 spiro atoms. The van der Waals surface area contributed by atoms with Crippen LogP contribution in [0.5, 0.6) is 0 Å². The number of aliphatic imine (C=N–C) groups is 1. The maximum absolute atomic E-state index is 5.43. The van der Waals surface area contributed by atoms with E-state index in [1.54, 1.807) is 7.11 Å². The highest BCUT2D eigenvalue weighted by molar-refractivity contribution is 14.0. The van der Waals surface area contributed by atoms with Gasteiger partial charge in [0.2, 0.25) is 0 Å². The van der Waals surface area contributed by atoms with E-state index < -0.39 is 0 Å². The normalized spacial score (nSPS) is 16.9. The molecule has 0 saturated carbocycles. The summed E-state index contributed by atoms with van der Waals surface area (Å²) in [6, 6.07) is 0. The third-order valence-corrected chi connectivity index (χ3v) is 3.80. The Bertz CT molecular complexity index is 300. The third-order valence-electron chi connectivity index (χ3n) is 3.80. The molecular formula is C16H35IN4O2. The SMILES string of the molecule is CN=C(NCCCOCCOC)NCC(C)CN1CCCC1.I. The van der Waals surface area contributed by atoms with Gasteiger partial charge in [-0.1, -0.05) is 6.92 Å². The van der Waals surface area contributed by atoms with Crippen molar-refractivity contribution < 1.29 is 9.47 Å². The number of nitrogens with zero attached hydrogens (tertiary/aromatic N) is 2. The van der Waals surface area contributed by atoms with Gasteiger partial charge in [0.05, 0.1) is 13.2 Å². The lowest BCUT2D eigenvalue weighted by Gasteiger charge is -2.21. The van der Waals surface area contributed by atoms with E-state index in [-0.39, 0.29) is 24.0 Å². The number of hydrogen-bond acceptors (Lipinski definition) is 4. The Labute approximate surface area is 158 Å². The standard InChI is InChI=1S/C16H34N4O2.HI/c1-15(14-20-8-4-5-9-20)13-19-16(17-2)18-7-6-10-22-12-11-21-3;/h15H,4-14H2,1-3H3,(H2,17,18,19);1H. The van der Waals surface area contributed by atoms with Crippen molar-refractivity contribution in [3.63, 3.8) is 0 Å². The predicted octanol–water partition coefficient (Wildman–Crippen LogP) is 1.55. The van der Waals surface area contributed by atoms with Gasteiger partial charge in [-0.2, -0.15) is 0 Å². The Morgan fingerprint density at radius 1 is 1.17 bits per heavy atom. The lowest BCUT2D eigenvalue weighted by molar-refractivity contribution is 0.0698. The molecule has 1 heterocycles. The van der Waals surface area contributed by atoms with Crippen molar-refractivity contribution in [2.75, 3.05) is 66.7 Å². The Morgan fingerprint density at radius 2 is 1.91 bits per heavy atom. The average molecular weight is 442 g/mol. The third kappa shape index (κ3) is 12.0. The minimum absolute atomic E-state index is 0. The number of hydrogen-bond donors (Lipinski definition) is 2. The number of ether oxygens (including phenoxy) is 2. The molecule has 1 aliphatic heterocycles. The van der Waals surface area contributed by atoms with Gasteiger partial charge in [-0.25, -0.2) is 0 Å². The van der Waals surface area contributed by atoms with Gasteiger partial charge in [-0.15, -0.1) is 24.0 Å². The first-order valence-electron chi connectivity index (χ1n) is 8.49. The van der Waals surface area contributed by atoms with E-state index in [4.69, 9.17) is 9.47 Å². The van der Waals surface area contributed by atoms with Crippen molar-refractivity contribution in [1.82, 2.24) is 15.5 Å². The Kier molecular flexibility index (Phi) is 15.3. The molecule has 1 aliphatic rings. The molecule has 0 aliphatic carbocycles. The molecule has 2 N–H and O–H groups in total. The van der Waals surface area contributed by atoms with Crippen LogP contribution in [0.2, 0.25) is 0 Å². The topological polar surface area (TPSA) is 58.1 Å². The first kappa shape index (κ1) is 22.9. The van der Waals surface area contributed by atoms with Crippen molar-refractivity contribution in [3.8, 4) is 0 Å². The van der Waals surface area contributed by atoms with Crippen LogP contribution in [-0.4, -0.2) is 77.6 Å². The molecule has 138 valence electrons. The zero-order chi connectivity index (χ0) is 16.0. The van der Waals surface area contributed by atoms with Gasteiger partial charge >= 0.3 is 0 Å². The molecule has 1 unspecified atom stereocenters. The van der Waals surface area contributed by atoms with Gasteiger partial charge in [0.15, 0.2) is 5.96 Å². The van der Waals surface area contributed by atoms with Crippen molar-refractivity contribution in [1.29, 1.82) is 0 Å². The van der Waals surface area contributed by atoms with Crippen LogP contribution in [-0.2, 0) is 9.47 Å². The Hall–Kier alpha value is -0.120. The summed E-state index contributed by atoms with van der Waals surface area (Å²) in [5.74, 6) is 1.51. The second-order valence-corrected chi connectivity index (χ2v) is 5.95. The summed E-state index contributed by atoms with van der Waals surface area (Å²) >= 11 is 0. The smallest absolute Gasteiger partial charge is 0.190 e. The lowest BCUT2D eigenvalue weighted by Crippen LogP contribution is -2.41. The molecule has 1 fully saturated rings. The second-order valence-electron chi connectivity index (χ2n) is 5.95. The van der Waals surface area contributed by atoms with Gasteiger partial charge in [0, 0.05) is 40.4 Å². The van der Waals surface area contributed by atoms with Gasteiger partial charge in [0.25, 0.3) is 0 Å². The van der Waals surface area contributed by atoms with E-state index in [1.165, 1.54) is 32.5 Å². The van der Waals surface area contributed by atoms with E-state index in [9.17, 15) is 0 Å². The maximum Gasteiger partial charge on any atom is 0.190 e. The number of likely N-dealkylation sites (tertiary alicyclic amines) is 1. The van der Waals surface area contributed by atoms with E-state index in [0.29, 0.717) is 19.1 Å². The largest absolute Gasteiger partial charge is 0.382 e.